The molecule has 2 heterocycles. The van der Waals surface area contributed by atoms with Gasteiger partial charge in [-0.2, -0.15) is 5.26 Å². The zero-order valence-electron chi connectivity index (χ0n) is 12.3. The molecule has 0 saturated carbocycles. The third-order valence-electron chi connectivity index (χ3n) is 3.68. The lowest BCUT2D eigenvalue weighted by molar-refractivity contribution is 0.316. The highest BCUT2D eigenvalue weighted by Gasteiger charge is 2.24. The van der Waals surface area contributed by atoms with E-state index in [9.17, 15) is 5.26 Å². The summed E-state index contributed by atoms with van der Waals surface area (Å²) in [6, 6.07) is 2.33. The van der Waals surface area contributed by atoms with Gasteiger partial charge in [-0.3, -0.25) is 0 Å². The van der Waals surface area contributed by atoms with Crippen LogP contribution in [0, 0.1) is 11.3 Å². The highest BCUT2D eigenvalue weighted by Crippen LogP contribution is 2.37. The van der Waals surface area contributed by atoms with Crippen LogP contribution in [0.15, 0.2) is 24.4 Å². The lowest BCUT2D eigenvalue weighted by Gasteiger charge is -2.30. The average Bonchev–Trinajstić information content (AvgIpc) is 2.81. The minimum Gasteiger partial charge on any atom is -0.379 e. The van der Waals surface area contributed by atoms with Crippen LogP contribution in [0.2, 0.25) is 0 Å². The van der Waals surface area contributed by atoms with Crippen LogP contribution in [0.5, 0.6) is 0 Å². The highest BCUT2D eigenvalue weighted by molar-refractivity contribution is 7.16. The Morgan fingerprint density at radius 2 is 2.20 bits per heavy atom. The first-order chi connectivity index (χ1) is 9.56. The Balaban J connectivity index is 2.12. The first kappa shape index (κ1) is 14.7. The number of rotatable bonds is 5. The fraction of sp³-hybridized carbons (Fsp3) is 0.438. The van der Waals surface area contributed by atoms with E-state index in [0.29, 0.717) is 0 Å². The van der Waals surface area contributed by atoms with Gasteiger partial charge in [-0.15, -0.1) is 17.9 Å². The topological polar surface area (TPSA) is 39.1 Å². The van der Waals surface area contributed by atoms with Gasteiger partial charge in [-0.1, -0.05) is 12.2 Å². The first-order valence-corrected chi connectivity index (χ1v) is 7.68. The number of allylic oxidation sites excluding steroid dienone is 2. The smallest absolute Gasteiger partial charge is 0.107 e. The number of nitrogens with zero attached hydrogens (tertiary/aromatic N) is 2. The lowest BCUT2D eigenvalue weighted by atomic mass is 10.0. The van der Waals surface area contributed by atoms with Crippen LogP contribution in [0.1, 0.15) is 35.8 Å². The van der Waals surface area contributed by atoms with Crippen molar-refractivity contribution in [3.05, 3.63) is 40.4 Å². The SMILES string of the molecule is C=C(C)CCC(=C)N1CCc2c(sc(NC)c2C#N)C1. The van der Waals surface area contributed by atoms with Gasteiger partial charge in [0.15, 0.2) is 0 Å². The molecule has 1 N–H and O–H groups in total. The second kappa shape index (κ2) is 6.15. The first-order valence-electron chi connectivity index (χ1n) is 6.86. The Bertz CT molecular complexity index is 577. The summed E-state index contributed by atoms with van der Waals surface area (Å²) in [5.41, 5.74) is 4.44. The number of nitrogens with one attached hydrogen (secondary N) is 1. The third kappa shape index (κ3) is 2.88. The molecular weight excluding hydrogens is 266 g/mol. The van der Waals surface area contributed by atoms with Crippen molar-refractivity contribution in [2.45, 2.75) is 32.7 Å². The zero-order valence-corrected chi connectivity index (χ0v) is 13.1. The normalized spacial score (nSPS) is 13.6. The maximum absolute atomic E-state index is 9.29. The molecule has 1 aliphatic heterocycles. The van der Waals surface area contributed by atoms with Crippen molar-refractivity contribution in [2.75, 3.05) is 18.9 Å². The van der Waals surface area contributed by atoms with Gasteiger partial charge >= 0.3 is 0 Å². The van der Waals surface area contributed by atoms with Gasteiger partial charge in [0.25, 0.3) is 0 Å². The molecule has 0 saturated heterocycles. The van der Waals surface area contributed by atoms with E-state index in [1.54, 1.807) is 11.3 Å². The number of fused-ring (bicyclic) bond motifs is 1. The lowest BCUT2D eigenvalue weighted by Crippen LogP contribution is -2.28. The van der Waals surface area contributed by atoms with E-state index in [4.69, 9.17) is 0 Å². The minimum absolute atomic E-state index is 0.833. The van der Waals surface area contributed by atoms with Crippen LogP contribution in [0.4, 0.5) is 5.00 Å². The highest BCUT2D eigenvalue weighted by atomic mass is 32.1. The summed E-state index contributed by atoms with van der Waals surface area (Å²) in [5, 5.41) is 13.4. The molecule has 1 aromatic rings. The molecule has 20 heavy (non-hydrogen) atoms. The van der Waals surface area contributed by atoms with Gasteiger partial charge in [0.2, 0.25) is 0 Å². The second-order valence-electron chi connectivity index (χ2n) is 5.26. The van der Waals surface area contributed by atoms with Gasteiger partial charge in [-0.05, 0) is 31.7 Å². The predicted octanol–water partition coefficient (Wildman–Crippen LogP) is 3.89. The van der Waals surface area contributed by atoms with E-state index in [2.05, 4.69) is 36.4 Å². The van der Waals surface area contributed by atoms with Crippen molar-refractivity contribution in [1.29, 1.82) is 5.26 Å². The molecule has 3 nitrogen and oxygen atoms in total. The molecule has 0 aromatic carbocycles. The molecule has 0 radical (unpaired) electrons. The molecule has 2 rings (SSSR count). The molecule has 1 aromatic heterocycles. The van der Waals surface area contributed by atoms with Crippen LogP contribution in [-0.4, -0.2) is 18.5 Å². The van der Waals surface area contributed by atoms with E-state index in [1.807, 2.05) is 7.05 Å². The van der Waals surface area contributed by atoms with Crippen molar-refractivity contribution >= 4 is 16.3 Å². The van der Waals surface area contributed by atoms with E-state index in [-0.39, 0.29) is 0 Å². The average molecular weight is 287 g/mol. The fourth-order valence-electron chi connectivity index (χ4n) is 2.48. The summed E-state index contributed by atoms with van der Waals surface area (Å²) in [4.78, 5) is 3.64. The molecule has 4 heteroatoms. The van der Waals surface area contributed by atoms with Crippen molar-refractivity contribution < 1.29 is 0 Å². The number of hydrogen-bond donors (Lipinski definition) is 1. The second-order valence-corrected chi connectivity index (χ2v) is 6.37. The molecule has 0 amide bonds. The van der Waals surface area contributed by atoms with E-state index in [0.717, 1.165) is 42.9 Å². The molecular formula is C16H21N3S. The Hall–Kier alpha value is -1.73. The summed E-state index contributed by atoms with van der Waals surface area (Å²) < 4.78 is 0. The van der Waals surface area contributed by atoms with Crippen LogP contribution in [-0.2, 0) is 13.0 Å². The van der Waals surface area contributed by atoms with E-state index >= 15 is 0 Å². The molecule has 0 unspecified atom stereocenters. The minimum atomic E-state index is 0.833. The van der Waals surface area contributed by atoms with Crippen LogP contribution >= 0.6 is 11.3 Å². The van der Waals surface area contributed by atoms with Crippen LogP contribution in [0.3, 0.4) is 0 Å². The number of anilines is 1. The van der Waals surface area contributed by atoms with Crippen LogP contribution in [0.25, 0.3) is 0 Å². The Morgan fingerprint density at radius 1 is 1.45 bits per heavy atom. The molecule has 0 bridgehead atoms. The molecule has 1 aliphatic rings. The van der Waals surface area contributed by atoms with Gasteiger partial charge in [-0.25, -0.2) is 0 Å². The van der Waals surface area contributed by atoms with Gasteiger partial charge < -0.3 is 10.2 Å². The van der Waals surface area contributed by atoms with Crippen molar-refractivity contribution in [2.24, 2.45) is 0 Å². The van der Waals surface area contributed by atoms with Gasteiger partial charge in [0.05, 0.1) is 12.1 Å². The largest absolute Gasteiger partial charge is 0.379 e. The zero-order chi connectivity index (χ0) is 14.7. The Morgan fingerprint density at radius 3 is 2.80 bits per heavy atom. The van der Waals surface area contributed by atoms with Crippen molar-refractivity contribution in [1.82, 2.24) is 4.90 Å². The summed E-state index contributed by atoms with van der Waals surface area (Å²) in [6.45, 7) is 12.0. The fourth-order valence-corrected chi connectivity index (χ4v) is 3.65. The summed E-state index contributed by atoms with van der Waals surface area (Å²) >= 11 is 1.70. The standard InChI is InChI=1S/C16H21N3S/c1-11(2)5-6-12(3)19-8-7-13-14(9-17)16(18-4)20-15(13)10-19/h18H,1,3,5-8,10H2,2,4H3. The Kier molecular flexibility index (Phi) is 4.51. The third-order valence-corrected chi connectivity index (χ3v) is 4.92. The van der Waals surface area contributed by atoms with E-state index < -0.39 is 0 Å². The maximum Gasteiger partial charge on any atom is 0.107 e. The molecule has 0 atom stereocenters. The Labute approximate surface area is 125 Å². The number of hydrogen-bond acceptors (Lipinski definition) is 4. The van der Waals surface area contributed by atoms with Crippen molar-refractivity contribution in [3.63, 3.8) is 0 Å². The van der Waals surface area contributed by atoms with Gasteiger partial charge in [0, 0.05) is 24.2 Å². The number of thiophene rings is 1. The van der Waals surface area contributed by atoms with E-state index in [1.165, 1.54) is 21.7 Å². The molecule has 0 spiro atoms. The summed E-state index contributed by atoms with van der Waals surface area (Å²) in [5.74, 6) is 0. The van der Waals surface area contributed by atoms with Crippen molar-refractivity contribution in [3.8, 4) is 6.07 Å². The maximum atomic E-state index is 9.29. The molecule has 0 aliphatic carbocycles. The number of nitriles is 1. The monoisotopic (exact) mass is 287 g/mol. The molecule has 0 fully saturated rings. The van der Waals surface area contributed by atoms with Gasteiger partial charge in [0.1, 0.15) is 11.1 Å². The summed E-state index contributed by atoms with van der Waals surface area (Å²) in [7, 11) is 1.88. The predicted molar refractivity (Wildman–Crippen MR) is 85.9 cm³/mol. The quantitative estimate of drug-likeness (QED) is 0.835. The summed E-state index contributed by atoms with van der Waals surface area (Å²) in [6.07, 6.45) is 2.90. The molecule has 106 valence electrons. The van der Waals surface area contributed by atoms with Crippen LogP contribution < -0.4 is 5.32 Å².